The van der Waals surface area contributed by atoms with Gasteiger partial charge in [0, 0.05) is 17.2 Å². The molecule has 2 aromatic heterocycles. The van der Waals surface area contributed by atoms with E-state index in [1.54, 1.807) is 16.8 Å². The van der Waals surface area contributed by atoms with Crippen LogP contribution in [0.25, 0.3) is 17.0 Å². The van der Waals surface area contributed by atoms with Gasteiger partial charge in [-0.25, -0.2) is 13.4 Å². The number of benzene rings is 1. The second kappa shape index (κ2) is 6.59. The molecule has 2 heterocycles. The standard InChI is InChI=1S/C17H21ClN4O3S/c1-17(2,3)14-13(18)16-19-15(21-22(16)20-14)11-5-7-12(8-6-11)25-9-10-26(4,23)24/h5-8,20H,9-10H2,1-4H3. The van der Waals surface area contributed by atoms with E-state index in [9.17, 15) is 8.42 Å². The predicted molar refractivity (Wildman–Crippen MR) is 102 cm³/mol. The molecule has 0 aliphatic rings. The van der Waals surface area contributed by atoms with Crippen molar-refractivity contribution in [3.63, 3.8) is 0 Å². The van der Waals surface area contributed by atoms with Gasteiger partial charge >= 0.3 is 0 Å². The summed E-state index contributed by atoms with van der Waals surface area (Å²) in [5.41, 5.74) is 2.14. The van der Waals surface area contributed by atoms with Crippen molar-refractivity contribution in [3.05, 3.63) is 35.0 Å². The molecule has 140 valence electrons. The third-order valence-electron chi connectivity index (χ3n) is 3.83. The highest BCUT2D eigenvalue weighted by molar-refractivity contribution is 7.90. The summed E-state index contributed by atoms with van der Waals surface area (Å²) in [5.74, 6) is 1.12. The maximum atomic E-state index is 11.1. The average Bonchev–Trinajstić information content (AvgIpc) is 3.06. The molecule has 0 aliphatic carbocycles. The van der Waals surface area contributed by atoms with E-state index >= 15 is 0 Å². The van der Waals surface area contributed by atoms with E-state index < -0.39 is 9.84 Å². The Hall–Kier alpha value is -2.06. The van der Waals surface area contributed by atoms with Gasteiger partial charge in [-0.2, -0.15) is 4.63 Å². The lowest BCUT2D eigenvalue weighted by Gasteiger charge is -2.16. The number of fused-ring (bicyclic) bond motifs is 1. The van der Waals surface area contributed by atoms with Gasteiger partial charge in [0.15, 0.2) is 21.3 Å². The number of H-pyrrole nitrogens is 1. The fourth-order valence-electron chi connectivity index (χ4n) is 2.43. The first-order valence-electron chi connectivity index (χ1n) is 8.10. The van der Waals surface area contributed by atoms with E-state index in [4.69, 9.17) is 16.3 Å². The summed E-state index contributed by atoms with van der Waals surface area (Å²) >= 11 is 6.44. The molecule has 0 saturated heterocycles. The molecule has 1 aromatic carbocycles. The molecule has 0 atom stereocenters. The van der Waals surface area contributed by atoms with Crippen LogP contribution in [0.1, 0.15) is 26.5 Å². The van der Waals surface area contributed by atoms with E-state index in [1.165, 1.54) is 6.26 Å². The van der Waals surface area contributed by atoms with Gasteiger partial charge in [0.2, 0.25) is 0 Å². The number of ether oxygens (including phenoxy) is 1. The second-order valence-electron chi connectivity index (χ2n) is 7.22. The number of nitrogens with one attached hydrogen (secondary N) is 1. The maximum absolute atomic E-state index is 11.1. The first kappa shape index (κ1) is 18.7. The molecule has 0 unspecified atom stereocenters. The number of aromatic amines is 1. The Bertz CT molecular complexity index is 1030. The van der Waals surface area contributed by atoms with Gasteiger partial charge in [0.05, 0.1) is 11.4 Å². The molecule has 0 saturated carbocycles. The van der Waals surface area contributed by atoms with Crippen LogP contribution >= 0.6 is 11.6 Å². The van der Waals surface area contributed by atoms with E-state index in [1.807, 2.05) is 12.1 Å². The Morgan fingerprint density at radius 1 is 1.23 bits per heavy atom. The molecule has 0 bridgehead atoms. The van der Waals surface area contributed by atoms with Crippen molar-refractivity contribution in [2.24, 2.45) is 0 Å². The molecule has 0 fully saturated rings. The topological polar surface area (TPSA) is 89.4 Å². The van der Waals surface area contributed by atoms with Crippen molar-refractivity contribution >= 4 is 27.1 Å². The molecular weight excluding hydrogens is 376 g/mol. The Kier molecular flexibility index (Phi) is 4.74. The van der Waals surface area contributed by atoms with Crippen molar-refractivity contribution in [3.8, 4) is 17.1 Å². The Morgan fingerprint density at radius 3 is 2.42 bits per heavy atom. The zero-order chi connectivity index (χ0) is 19.1. The number of hydrogen-bond acceptors (Lipinski definition) is 5. The van der Waals surface area contributed by atoms with E-state index in [0.29, 0.717) is 22.2 Å². The number of halogens is 1. The molecule has 0 spiro atoms. The number of aromatic nitrogens is 4. The summed E-state index contributed by atoms with van der Waals surface area (Å²) < 4.78 is 29.3. The molecule has 0 amide bonds. The maximum Gasteiger partial charge on any atom is 0.194 e. The van der Waals surface area contributed by atoms with Gasteiger partial charge in [0.1, 0.15) is 17.4 Å². The first-order chi connectivity index (χ1) is 12.0. The van der Waals surface area contributed by atoms with Gasteiger partial charge < -0.3 is 4.74 Å². The number of sulfone groups is 1. The fourth-order valence-corrected chi connectivity index (χ4v) is 3.26. The average molecular weight is 397 g/mol. The van der Waals surface area contributed by atoms with Gasteiger partial charge in [-0.05, 0) is 24.3 Å². The zero-order valence-corrected chi connectivity index (χ0v) is 16.6. The summed E-state index contributed by atoms with van der Waals surface area (Å²) in [6.45, 7) is 6.31. The zero-order valence-electron chi connectivity index (χ0n) is 15.1. The molecule has 0 radical (unpaired) electrons. The van der Waals surface area contributed by atoms with Crippen molar-refractivity contribution in [1.82, 2.24) is 19.8 Å². The van der Waals surface area contributed by atoms with E-state index in [-0.39, 0.29) is 17.8 Å². The normalized spacial score (nSPS) is 12.7. The lowest BCUT2D eigenvalue weighted by Crippen LogP contribution is -2.13. The second-order valence-corrected chi connectivity index (χ2v) is 9.86. The highest BCUT2D eigenvalue weighted by atomic mass is 35.5. The highest BCUT2D eigenvalue weighted by Gasteiger charge is 2.24. The minimum Gasteiger partial charge on any atom is -0.493 e. The van der Waals surface area contributed by atoms with E-state index in [2.05, 4.69) is 36.0 Å². The summed E-state index contributed by atoms with van der Waals surface area (Å²) in [5, 5.41) is 8.19. The van der Waals surface area contributed by atoms with Crippen molar-refractivity contribution < 1.29 is 13.2 Å². The van der Waals surface area contributed by atoms with Crippen LogP contribution in [0.15, 0.2) is 24.3 Å². The molecule has 0 aliphatic heterocycles. The number of rotatable bonds is 5. The predicted octanol–water partition coefficient (Wildman–Crippen LogP) is 3.10. The first-order valence-corrected chi connectivity index (χ1v) is 10.5. The fraction of sp³-hybridized carbons (Fsp3) is 0.412. The monoisotopic (exact) mass is 396 g/mol. The lowest BCUT2D eigenvalue weighted by molar-refractivity contribution is 0.341. The third kappa shape index (κ3) is 4.02. The van der Waals surface area contributed by atoms with Crippen LogP contribution in [0, 0.1) is 0 Å². The molecule has 1 N–H and O–H groups in total. The Balaban J connectivity index is 1.79. The van der Waals surface area contributed by atoms with Crippen LogP contribution in [0.2, 0.25) is 5.02 Å². The summed E-state index contributed by atoms with van der Waals surface area (Å²) in [4.78, 5) is 4.51. The third-order valence-corrected chi connectivity index (χ3v) is 5.09. The van der Waals surface area contributed by atoms with Crippen LogP contribution in [-0.2, 0) is 15.3 Å². The number of nitrogens with zero attached hydrogens (tertiary/aromatic N) is 3. The SMILES string of the molecule is CC(C)(C)c1[nH]n2nc(-c3ccc(OCCS(C)(=O)=O)cc3)nc2c1Cl. The molecule has 26 heavy (non-hydrogen) atoms. The number of hydrogen-bond donors (Lipinski definition) is 1. The smallest absolute Gasteiger partial charge is 0.194 e. The van der Waals surface area contributed by atoms with Crippen molar-refractivity contribution in [2.75, 3.05) is 18.6 Å². The Morgan fingerprint density at radius 2 is 1.88 bits per heavy atom. The lowest BCUT2D eigenvalue weighted by atomic mass is 9.92. The van der Waals surface area contributed by atoms with E-state index in [0.717, 1.165) is 11.3 Å². The molecule has 3 rings (SSSR count). The molecule has 3 aromatic rings. The Labute approximate surface area is 157 Å². The van der Waals surface area contributed by atoms with Gasteiger partial charge in [-0.15, -0.1) is 5.10 Å². The molecule has 9 heteroatoms. The van der Waals surface area contributed by atoms with Crippen LogP contribution in [0.4, 0.5) is 0 Å². The van der Waals surface area contributed by atoms with Crippen molar-refractivity contribution in [2.45, 2.75) is 26.2 Å². The highest BCUT2D eigenvalue weighted by Crippen LogP contribution is 2.31. The van der Waals surface area contributed by atoms with Gasteiger partial charge in [-0.1, -0.05) is 32.4 Å². The van der Waals surface area contributed by atoms with Crippen LogP contribution < -0.4 is 4.74 Å². The van der Waals surface area contributed by atoms with Gasteiger partial charge in [0.25, 0.3) is 0 Å². The molecule has 7 nitrogen and oxygen atoms in total. The minimum absolute atomic E-state index is 0.0172. The summed E-state index contributed by atoms with van der Waals surface area (Å²) in [6, 6.07) is 7.16. The summed E-state index contributed by atoms with van der Waals surface area (Å²) in [6.07, 6.45) is 1.18. The van der Waals surface area contributed by atoms with Crippen LogP contribution in [-0.4, -0.2) is 46.8 Å². The van der Waals surface area contributed by atoms with Crippen molar-refractivity contribution in [1.29, 1.82) is 0 Å². The largest absolute Gasteiger partial charge is 0.493 e. The summed E-state index contributed by atoms with van der Waals surface area (Å²) in [7, 11) is -3.04. The quantitative estimate of drug-likeness (QED) is 0.715. The van der Waals surface area contributed by atoms with Crippen LogP contribution in [0.5, 0.6) is 5.75 Å². The molecular formula is C17H21ClN4O3S. The van der Waals surface area contributed by atoms with Crippen LogP contribution in [0.3, 0.4) is 0 Å². The minimum atomic E-state index is -3.04. The van der Waals surface area contributed by atoms with Gasteiger partial charge in [-0.3, -0.25) is 5.10 Å².